The van der Waals surface area contributed by atoms with Crippen LogP contribution in [0.15, 0.2) is 18.2 Å². The van der Waals surface area contributed by atoms with Gasteiger partial charge in [0.15, 0.2) is 0 Å². The minimum Gasteiger partial charge on any atom is -0.478 e. The molecule has 0 spiro atoms. The SMILES string of the molecule is Cc1cccc(C(=O)O)c1NC(=O)N1CCCC(C)CC1. The van der Waals surface area contributed by atoms with E-state index in [-0.39, 0.29) is 11.6 Å². The maximum Gasteiger partial charge on any atom is 0.337 e. The van der Waals surface area contributed by atoms with Crippen LogP contribution in [0, 0.1) is 12.8 Å². The molecular formula is C16H22N2O3. The summed E-state index contributed by atoms with van der Waals surface area (Å²) in [5.74, 6) is -0.394. The molecule has 1 aromatic carbocycles. The predicted octanol–water partition coefficient (Wildman–Crippen LogP) is 3.35. The minimum atomic E-state index is -1.03. The van der Waals surface area contributed by atoms with Crippen molar-refractivity contribution in [3.63, 3.8) is 0 Å². The molecule has 1 saturated heterocycles. The first kappa shape index (κ1) is 15.4. The van der Waals surface area contributed by atoms with E-state index in [0.29, 0.717) is 11.6 Å². The van der Waals surface area contributed by atoms with Crippen LogP contribution in [-0.4, -0.2) is 35.1 Å². The molecule has 1 unspecified atom stereocenters. The number of carboxylic acid groups (broad SMARTS) is 1. The van der Waals surface area contributed by atoms with Crippen molar-refractivity contribution >= 4 is 17.7 Å². The summed E-state index contributed by atoms with van der Waals surface area (Å²) in [7, 11) is 0. The zero-order valence-corrected chi connectivity index (χ0v) is 12.6. The van der Waals surface area contributed by atoms with Crippen LogP contribution >= 0.6 is 0 Å². The molecule has 114 valence electrons. The van der Waals surface area contributed by atoms with E-state index in [1.807, 2.05) is 0 Å². The highest BCUT2D eigenvalue weighted by Gasteiger charge is 2.21. The molecule has 21 heavy (non-hydrogen) atoms. The highest BCUT2D eigenvalue weighted by atomic mass is 16.4. The average Bonchev–Trinajstić information content (AvgIpc) is 2.65. The molecule has 1 heterocycles. The highest BCUT2D eigenvalue weighted by Crippen LogP contribution is 2.22. The number of amides is 2. The fraction of sp³-hybridized carbons (Fsp3) is 0.500. The van der Waals surface area contributed by atoms with E-state index in [0.717, 1.165) is 37.9 Å². The normalized spacial score (nSPS) is 19.0. The number of hydrogen-bond acceptors (Lipinski definition) is 2. The fourth-order valence-corrected chi connectivity index (χ4v) is 2.66. The van der Waals surface area contributed by atoms with Crippen LogP contribution in [0.4, 0.5) is 10.5 Å². The number of nitrogens with zero attached hydrogens (tertiary/aromatic N) is 1. The topological polar surface area (TPSA) is 69.6 Å². The van der Waals surface area contributed by atoms with Gasteiger partial charge in [0, 0.05) is 13.1 Å². The number of carbonyl (C=O) groups excluding carboxylic acids is 1. The fourth-order valence-electron chi connectivity index (χ4n) is 2.66. The number of carboxylic acids is 1. The van der Waals surface area contributed by atoms with Crippen LogP contribution in [0.1, 0.15) is 42.1 Å². The summed E-state index contributed by atoms with van der Waals surface area (Å²) in [6.07, 6.45) is 3.12. The average molecular weight is 290 g/mol. The quantitative estimate of drug-likeness (QED) is 0.877. The van der Waals surface area contributed by atoms with Gasteiger partial charge in [-0.2, -0.15) is 0 Å². The van der Waals surface area contributed by atoms with Crippen molar-refractivity contribution in [3.05, 3.63) is 29.3 Å². The maximum atomic E-state index is 12.4. The number of hydrogen-bond donors (Lipinski definition) is 2. The second-order valence-electron chi connectivity index (χ2n) is 5.76. The zero-order chi connectivity index (χ0) is 15.4. The number of para-hydroxylation sites is 1. The number of nitrogens with one attached hydrogen (secondary N) is 1. The van der Waals surface area contributed by atoms with Crippen molar-refractivity contribution < 1.29 is 14.7 Å². The van der Waals surface area contributed by atoms with Gasteiger partial charge in [0.25, 0.3) is 0 Å². The van der Waals surface area contributed by atoms with E-state index in [4.69, 9.17) is 0 Å². The van der Waals surface area contributed by atoms with Crippen molar-refractivity contribution in [2.45, 2.75) is 33.1 Å². The Morgan fingerprint density at radius 3 is 2.76 bits per heavy atom. The highest BCUT2D eigenvalue weighted by molar-refractivity contribution is 6.01. The molecule has 1 aromatic rings. The summed E-state index contributed by atoms with van der Waals surface area (Å²) < 4.78 is 0. The third kappa shape index (κ3) is 3.74. The van der Waals surface area contributed by atoms with E-state index in [1.165, 1.54) is 6.07 Å². The third-order valence-corrected chi connectivity index (χ3v) is 4.04. The van der Waals surface area contributed by atoms with E-state index in [2.05, 4.69) is 12.2 Å². The molecule has 1 aliphatic rings. The summed E-state index contributed by atoms with van der Waals surface area (Å²) in [4.78, 5) is 25.4. The lowest BCUT2D eigenvalue weighted by molar-refractivity contribution is 0.0698. The number of anilines is 1. The Morgan fingerprint density at radius 2 is 2.05 bits per heavy atom. The van der Waals surface area contributed by atoms with Crippen molar-refractivity contribution in [1.82, 2.24) is 4.90 Å². The third-order valence-electron chi connectivity index (χ3n) is 4.04. The van der Waals surface area contributed by atoms with Crippen molar-refractivity contribution in [3.8, 4) is 0 Å². The molecule has 5 nitrogen and oxygen atoms in total. The number of carbonyl (C=O) groups is 2. The Kier molecular flexibility index (Phi) is 4.83. The molecule has 0 aromatic heterocycles. The Bertz CT molecular complexity index is 542. The van der Waals surface area contributed by atoms with Crippen LogP contribution < -0.4 is 5.32 Å². The lowest BCUT2D eigenvalue weighted by Crippen LogP contribution is -2.36. The van der Waals surface area contributed by atoms with Gasteiger partial charge in [-0.25, -0.2) is 9.59 Å². The number of aromatic carboxylic acids is 1. The van der Waals surface area contributed by atoms with E-state index >= 15 is 0 Å². The lowest BCUT2D eigenvalue weighted by Gasteiger charge is -2.22. The van der Waals surface area contributed by atoms with Gasteiger partial charge in [-0.15, -0.1) is 0 Å². The molecule has 1 fully saturated rings. The molecule has 2 amide bonds. The Balaban J connectivity index is 2.14. The Labute approximate surface area is 125 Å². The smallest absolute Gasteiger partial charge is 0.337 e. The summed E-state index contributed by atoms with van der Waals surface area (Å²) >= 11 is 0. The first-order valence-corrected chi connectivity index (χ1v) is 7.38. The van der Waals surface area contributed by atoms with Crippen molar-refractivity contribution in [2.75, 3.05) is 18.4 Å². The van der Waals surface area contributed by atoms with Crippen LogP contribution in [-0.2, 0) is 0 Å². The molecule has 5 heteroatoms. The summed E-state index contributed by atoms with van der Waals surface area (Å²) in [5, 5.41) is 12.0. The molecule has 0 radical (unpaired) electrons. The number of likely N-dealkylation sites (tertiary alicyclic amines) is 1. The number of urea groups is 1. The second-order valence-corrected chi connectivity index (χ2v) is 5.76. The van der Waals surface area contributed by atoms with Gasteiger partial charge < -0.3 is 15.3 Å². The Hall–Kier alpha value is -2.04. The van der Waals surface area contributed by atoms with Gasteiger partial charge in [-0.3, -0.25) is 0 Å². The van der Waals surface area contributed by atoms with E-state index in [1.54, 1.807) is 24.0 Å². The molecule has 2 N–H and O–H groups in total. The molecule has 0 saturated carbocycles. The summed E-state index contributed by atoms with van der Waals surface area (Å²) in [6.45, 7) is 5.45. The van der Waals surface area contributed by atoms with Gasteiger partial charge >= 0.3 is 12.0 Å². The second kappa shape index (κ2) is 6.61. The van der Waals surface area contributed by atoms with Gasteiger partial charge in [-0.05, 0) is 43.7 Å². The molecule has 1 atom stereocenters. The maximum absolute atomic E-state index is 12.4. The van der Waals surface area contributed by atoms with Gasteiger partial charge in [-0.1, -0.05) is 19.1 Å². The minimum absolute atomic E-state index is 0.131. The Morgan fingerprint density at radius 1 is 1.29 bits per heavy atom. The van der Waals surface area contributed by atoms with Gasteiger partial charge in [0.1, 0.15) is 0 Å². The van der Waals surface area contributed by atoms with Gasteiger partial charge in [0.2, 0.25) is 0 Å². The zero-order valence-electron chi connectivity index (χ0n) is 12.6. The van der Waals surface area contributed by atoms with E-state index in [9.17, 15) is 14.7 Å². The van der Waals surface area contributed by atoms with Gasteiger partial charge in [0.05, 0.1) is 11.3 Å². The van der Waals surface area contributed by atoms with E-state index < -0.39 is 5.97 Å². The number of aryl methyl sites for hydroxylation is 1. The predicted molar refractivity (Wildman–Crippen MR) is 81.7 cm³/mol. The van der Waals surface area contributed by atoms with Crippen molar-refractivity contribution in [2.24, 2.45) is 5.92 Å². The monoisotopic (exact) mass is 290 g/mol. The van der Waals surface area contributed by atoms with Crippen LogP contribution in [0.5, 0.6) is 0 Å². The lowest BCUT2D eigenvalue weighted by atomic mass is 10.0. The summed E-state index contributed by atoms with van der Waals surface area (Å²) in [6, 6.07) is 4.78. The molecule has 0 bridgehead atoms. The van der Waals surface area contributed by atoms with Crippen molar-refractivity contribution in [1.29, 1.82) is 0 Å². The molecule has 2 rings (SSSR count). The number of rotatable bonds is 2. The number of benzene rings is 1. The first-order chi connectivity index (χ1) is 9.99. The standard InChI is InChI=1S/C16H22N2O3/c1-11-5-4-9-18(10-8-11)16(21)17-14-12(2)6-3-7-13(14)15(19)20/h3,6-7,11H,4-5,8-10H2,1-2H3,(H,17,21)(H,19,20). The molecule has 1 aliphatic heterocycles. The molecular weight excluding hydrogens is 268 g/mol. The largest absolute Gasteiger partial charge is 0.478 e. The van der Waals surface area contributed by atoms with Crippen LogP contribution in [0.2, 0.25) is 0 Å². The molecule has 0 aliphatic carbocycles. The first-order valence-electron chi connectivity index (χ1n) is 7.38. The van der Waals surface area contributed by atoms with Crippen LogP contribution in [0.25, 0.3) is 0 Å². The van der Waals surface area contributed by atoms with Crippen LogP contribution in [0.3, 0.4) is 0 Å². The summed E-state index contributed by atoms with van der Waals surface area (Å²) in [5.41, 5.74) is 1.28.